The lowest BCUT2D eigenvalue weighted by Crippen LogP contribution is -1.90. The molecule has 0 aliphatic rings. The van der Waals surface area contributed by atoms with Gasteiger partial charge < -0.3 is 5.11 Å². The highest BCUT2D eigenvalue weighted by atomic mass is 79.9. The van der Waals surface area contributed by atoms with Gasteiger partial charge in [-0.15, -0.1) is 0 Å². The number of halogens is 1. The number of phenolic OH excluding ortho intramolecular Hbond substituents is 1. The molecule has 0 saturated carbocycles. The Morgan fingerprint density at radius 2 is 1.75 bits per heavy atom. The van der Waals surface area contributed by atoms with Gasteiger partial charge in [0.15, 0.2) is 0 Å². The molecule has 1 nitrogen and oxygen atoms in total. The van der Waals surface area contributed by atoms with Crippen LogP contribution >= 0.6 is 15.9 Å². The SMILES string of the molecule is CCc1c(Br)ccc(O)c1-c1ccccc1. The maximum absolute atomic E-state index is 9.98. The average Bonchev–Trinajstić information content (AvgIpc) is 2.33. The second kappa shape index (κ2) is 4.71. The third-order valence-corrected chi connectivity index (χ3v) is 3.39. The molecule has 0 bridgehead atoms. The van der Waals surface area contributed by atoms with Gasteiger partial charge >= 0.3 is 0 Å². The van der Waals surface area contributed by atoms with Gasteiger partial charge in [-0.25, -0.2) is 0 Å². The third kappa shape index (κ3) is 1.98. The van der Waals surface area contributed by atoms with Gasteiger partial charge in [0.25, 0.3) is 0 Å². The van der Waals surface area contributed by atoms with Gasteiger partial charge in [-0.1, -0.05) is 53.2 Å². The summed E-state index contributed by atoms with van der Waals surface area (Å²) in [6, 6.07) is 13.6. The Morgan fingerprint density at radius 3 is 2.38 bits per heavy atom. The van der Waals surface area contributed by atoms with Crippen molar-refractivity contribution in [2.24, 2.45) is 0 Å². The van der Waals surface area contributed by atoms with Crippen molar-refractivity contribution in [3.05, 3.63) is 52.5 Å². The quantitative estimate of drug-likeness (QED) is 0.863. The van der Waals surface area contributed by atoms with Crippen molar-refractivity contribution in [1.82, 2.24) is 0 Å². The fourth-order valence-corrected chi connectivity index (χ4v) is 2.49. The molecule has 0 saturated heterocycles. The van der Waals surface area contributed by atoms with Crippen LogP contribution in [0.4, 0.5) is 0 Å². The summed E-state index contributed by atoms with van der Waals surface area (Å²) in [7, 11) is 0. The summed E-state index contributed by atoms with van der Waals surface area (Å²) in [5.74, 6) is 0.339. The molecule has 0 unspecified atom stereocenters. The van der Waals surface area contributed by atoms with Crippen LogP contribution < -0.4 is 0 Å². The molecule has 0 radical (unpaired) electrons. The number of benzene rings is 2. The van der Waals surface area contributed by atoms with E-state index in [0.717, 1.165) is 27.6 Å². The van der Waals surface area contributed by atoms with Gasteiger partial charge in [0.2, 0.25) is 0 Å². The van der Waals surface area contributed by atoms with E-state index in [-0.39, 0.29) is 0 Å². The smallest absolute Gasteiger partial charge is 0.123 e. The molecule has 0 heterocycles. The van der Waals surface area contributed by atoms with E-state index >= 15 is 0 Å². The van der Waals surface area contributed by atoms with Gasteiger partial charge in [0, 0.05) is 10.0 Å². The fraction of sp³-hybridized carbons (Fsp3) is 0.143. The van der Waals surface area contributed by atoms with Gasteiger partial charge in [-0.3, -0.25) is 0 Å². The topological polar surface area (TPSA) is 20.2 Å². The maximum atomic E-state index is 9.98. The van der Waals surface area contributed by atoms with Gasteiger partial charge in [0.1, 0.15) is 5.75 Å². The van der Waals surface area contributed by atoms with Crippen molar-refractivity contribution in [3.63, 3.8) is 0 Å². The molecule has 0 aliphatic carbocycles. The number of phenols is 1. The van der Waals surface area contributed by atoms with E-state index in [4.69, 9.17) is 0 Å². The van der Waals surface area contributed by atoms with Crippen LogP contribution in [-0.2, 0) is 6.42 Å². The zero-order chi connectivity index (χ0) is 11.5. The summed E-state index contributed by atoms with van der Waals surface area (Å²) in [5, 5.41) is 9.98. The molecular formula is C14H13BrO. The Labute approximate surface area is 104 Å². The lowest BCUT2D eigenvalue weighted by molar-refractivity contribution is 0.476. The molecule has 0 amide bonds. The summed E-state index contributed by atoms with van der Waals surface area (Å²) in [6.45, 7) is 2.09. The molecule has 0 atom stereocenters. The van der Waals surface area contributed by atoms with Crippen LogP contribution in [0.3, 0.4) is 0 Å². The molecule has 0 spiro atoms. The number of rotatable bonds is 2. The van der Waals surface area contributed by atoms with E-state index in [0.29, 0.717) is 5.75 Å². The number of aromatic hydroxyl groups is 1. The average molecular weight is 277 g/mol. The molecule has 0 aromatic heterocycles. The Balaban J connectivity index is 2.68. The van der Waals surface area contributed by atoms with Crippen LogP contribution in [-0.4, -0.2) is 5.11 Å². The molecule has 2 heteroatoms. The predicted octanol–water partition coefficient (Wildman–Crippen LogP) is 4.38. The van der Waals surface area contributed by atoms with E-state index in [1.165, 1.54) is 0 Å². The predicted molar refractivity (Wildman–Crippen MR) is 70.6 cm³/mol. The number of hydrogen-bond donors (Lipinski definition) is 1. The lowest BCUT2D eigenvalue weighted by Gasteiger charge is -2.12. The zero-order valence-electron chi connectivity index (χ0n) is 9.07. The standard InChI is InChI=1S/C14H13BrO/c1-2-11-12(15)8-9-13(16)14(11)10-6-4-3-5-7-10/h3-9,16H,2H2,1H3. The van der Waals surface area contributed by atoms with Crippen LogP contribution in [0.5, 0.6) is 5.75 Å². The molecule has 82 valence electrons. The van der Waals surface area contributed by atoms with E-state index < -0.39 is 0 Å². The van der Waals surface area contributed by atoms with Gasteiger partial charge in [-0.05, 0) is 29.7 Å². The monoisotopic (exact) mass is 276 g/mol. The Bertz CT molecular complexity index is 492. The van der Waals surface area contributed by atoms with Crippen molar-refractivity contribution in [1.29, 1.82) is 0 Å². The van der Waals surface area contributed by atoms with E-state index in [1.807, 2.05) is 36.4 Å². The Morgan fingerprint density at radius 1 is 1.06 bits per heavy atom. The highest BCUT2D eigenvalue weighted by Crippen LogP contribution is 2.36. The second-order valence-corrected chi connectivity index (χ2v) is 4.49. The first-order chi connectivity index (χ1) is 7.74. The highest BCUT2D eigenvalue weighted by Gasteiger charge is 2.11. The molecule has 2 aromatic rings. The van der Waals surface area contributed by atoms with E-state index in [1.54, 1.807) is 6.07 Å². The summed E-state index contributed by atoms with van der Waals surface area (Å²) in [5.41, 5.74) is 3.13. The first-order valence-electron chi connectivity index (χ1n) is 5.29. The number of hydrogen-bond acceptors (Lipinski definition) is 1. The van der Waals surface area contributed by atoms with Crippen LogP contribution in [0.25, 0.3) is 11.1 Å². The summed E-state index contributed by atoms with van der Waals surface area (Å²) >= 11 is 3.53. The normalized spacial score (nSPS) is 10.4. The largest absolute Gasteiger partial charge is 0.507 e. The summed E-state index contributed by atoms with van der Waals surface area (Å²) in [6.07, 6.45) is 0.888. The molecule has 0 fully saturated rings. The molecule has 2 aromatic carbocycles. The van der Waals surface area contributed by atoms with E-state index in [9.17, 15) is 5.11 Å². The first-order valence-corrected chi connectivity index (χ1v) is 6.09. The minimum atomic E-state index is 0.339. The molecule has 2 rings (SSSR count). The summed E-state index contributed by atoms with van der Waals surface area (Å²) < 4.78 is 1.05. The Hall–Kier alpha value is -1.28. The second-order valence-electron chi connectivity index (χ2n) is 3.64. The minimum absolute atomic E-state index is 0.339. The van der Waals surface area contributed by atoms with Crippen molar-refractivity contribution < 1.29 is 5.11 Å². The molecule has 16 heavy (non-hydrogen) atoms. The molecule has 1 N–H and O–H groups in total. The van der Waals surface area contributed by atoms with Crippen LogP contribution in [0, 0.1) is 0 Å². The summed E-state index contributed by atoms with van der Waals surface area (Å²) in [4.78, 5) is 0. The fourth-order valence-electron chi connectivity index (χ4n) is 1.88. The first kappa shape index (κ1) is 11.2. The van der Waals surface area contributed by atoms with Gasteiger partial charge in [0.05, 0.1) is 0 Å². The highest BCUT2D eigenvalue weighted by molar-refractivity contribution is 9.10. The van der Waals surface area contributed by atoms with Crippen molar-refractivity contribution in [2.75, 3.05) is 0 Å². The molecule has 0 aliphatic heterocycles. The van der Waals surface area contributed by atoms with Crippen LogP contribution in [0.2, 0.25) is 0 Å². The van der Waals surface area contributed by atoms with Crippen LogP contribution in [0.1, 0.15) is 12.5 Å². The van der Waals surface area contributed by atoms with E-state index in [2.05, 4.69) is 22.9 Å². The molecular weight excluding hydrogens is 264 g/mol. The third-order valence-electron chi connectivity index (χ3n) is 2.65. The van der Waals surface area contributed by atoms with Crippen LogP contribution in [0.15, 0.2) is 46.9 Å². The zero-order valence-corrected chi connectivity index (χ0v) is 10.7. The Kier molecular flexibility index (Phi) is 3.30. The maximum Gasteiger partial charge on any atom is 0.123 e. The van der Waals surface area contributed by atoms with Crippen molar-refractivity contribution >= 4 is 15.9 Å². The van der Waals surface area contributed by atoms with Crippen molar-refractivity contribution in [3.8, 4) is 16.9 Å². The lowest BCUT2D eigenvalue weighted by atomic mass is 9.97. The van der Waals surface area contributed by atoms with Gasteiger partial charge in [-0.2, -0.15) is 0 Å². The van der Waals surface area contributed by atoms with Crippen molar-refractivity contribution in [2.45, 2.75) is 13.3 Å². The minimum Gasteiger partial charge on any atom is -0.507 e.